The van der Waals surface area contributed by atoms with Gasteiger partial charge in [0.15, 0.2) is 0 Å². The highest BCUT2D eigenvalue weighted by Crippen LogP contribution is 2.61. The zero-order valence-corrected chi connectivity index (χ0v) is 17.2. The van der Waals surface area contributed by atoms with Crippen molar-refractivity contribution in [2.45, 2.75) is 39.8 Å². The molecule has 3 fully saturated rings. The third-order valence-corrected chi connectivity index (χ3v) is 8.31. The lowest BCUT2D eigenvalue weighted by Crippen LogP contribution is -2.38. The summed E-state index contributed by atoms with van der Waals surface area (Å²) in [5, 5.41) is 0. The second-order valence-electron chi connectivity index (χ2n) is 8.59. The van der Waals surface area contributed by atoms with Crippen LogP contribution in [0.5, 0.6) is 0 Å². The molecule has 0 spiro atoms. The molecule has 1 atom stereocenters. The Labute approximate surface area is 152 Å². The molecular formula is C15H25NO8P2. The normalized spacial score (nSPS) is 32.6. The van der Waals surface area contributed by atoms with Crippen LogP contribution in [0, 0.1) is 10.8 Å². The van der Waals surface area contributed by atoms with E-state index in [1.165, 1.54) is 0 Å². The van der Waals surface area contributed by atoms with Crippen LogP contribution < -0.4 is 0 Å². The Morgan fingerprint density at radius 3 is 1.88 bits per heavy atom. The summed E-state index contributed by atoms with van der Waals surface area (Å²) >= 11 is 0. The van der Waals surface area contributed by atoms with E-state index in [1.54, 1.807) is 0 Å². The number of imide groups is 1. The summed E-state index contributed by atoms with van der Waals surface area (Å²) in [5.41, 5.74) is -1.82. The number of carbonyl (C=O) groups is 2. The Bertz CT molecular complexity index is 690. The van der Waals surface area contributed by atoms with Crippen molar-refractivity contribution in [3.8, 4) is 0 Å². The van der Waals surface area contributed by atoms with E-state index in [2.05, 4.69) is 0 Å². The minimum Gasteiger partial charge on any atom is -0.307 e. The molecule has 3 rings (SSSR count). The van der Waals surface area contributed by atoms with Gasteiger partial charge in [0.25, 0.3) is 0 Å². The molecule has 0 radical (unpaired) electrons. The summed E-state index contributed by atoms with van der Waals surface area (Å²) in [4.78, 5) is 25.8. The predicted molar refractivity (Wildman–Crippen MR) is 91.7 cm³/mol. The van der Waals surface area contributed by atoms with Crippen LogP contribution in [0.15, 0.2) is 0 Å². The summed E-state index contributed by atoms with van der Waals surface area (Å²) in [6, 6.07) is 0. The van der Waals surface area contributed by atoms with Gasteiger partial charge in [-0.05, 0) is 0 Å². The fraction of sp³-hybridized carbons (Fsp3) is 0.867. The van der Waals surface area contributed by atoms with Crippen molar-refractivity contribution in [2.75, 3.05) is 32.7 Å². The highest BCUT2D eigenvalue weighted by atomic mass is 31.2. The first-order valence-corrected chi connectivity index (χ1v) is 11.8. The minimum atomic E-state index is -3.75. The molecule has 148 valence electrons. The highest BCUT2D eigenvalue weighted by Gasteiger charge is 2.55. The van der Waals surface area contributed by atoms with Crippen LogP contribution in [0.1, 0.15) is 34.1 Å². The smallest absolute Gasteiger partial charge is 0.307 e. The van der Waals surface area contributed by atoms with Crippen molar-refractivity contribution in [2.24, 2.45) is 10.8 Å². The molecule has 3 heterocycles. The largest absolute Gasteiger partial charge is 0.350 e. The summed E-state index contributed by atoms with van der Waals surface area (Å²) in [5.74, 6) is -1.30. The van der Waals surface area contributed by atoms with E-state index in [-0.39, 0.29) is 43.7 Å². The quantitative estimate of drug-likeness (QED) is 0.517. The molecule has 0 N–H and O–H groups in total. The molecule has 2 amide bonds. The lowest BCUT2D eigenvalue weighted by Gasteiger charge is -2.36. The fourth-order valence-corrected chi connectivity index (χ4v) is 6.99. The van der Waals surface area contributed by atoms with Crippen LogP contribution in [0.3, 0.4) is 0 Å². The Balaban J connectivity index is 1.70. The van der Waals surface area contributed by atoms with Gasteiger partial charge >= 0.3 is 15.2 Å². The standard InChI is InChI=1S/C15H25NO8P2/c1-14(2)6-21-25(19,22-7-14)10-16-12(17)5-11(13(16)18)26(20)23-8-15(3,4)9-24-26/h11H,5-10H2,1-4H3. The number of hydrogen-bond donors (Lipinski definition) is 0. The van der Waals surface area contributed by atoms with Crippen LogP contribution in [0.25, 0.3) is 0 Å². The van der Waals surface area contributed by atoms with Crippen LogP contribution >= 0.6 is 15.2 Å². The monoisotopic (exact) mass is 409 g/mol. The number of nitrogens with zero attached hydrogens (tertiary/aromatic N) is 1. The van der Waals surface area contributed by atoms with Gasteiger partial charge in [-0.15, -0.1) is 0 Å². The number of likely N-dealkylation sites (tertiary alicyclic amines) is 1. The van der Waals surface area contributed by atoms with E-state index in [4.69, 9.17) is 18.1 Å². The van der Waals surface area contributed by atoms with Crippen molar-refractivity contribution in [3.63, 3.8) is 0 Å². The van der Waals surface area contributed by atoms with E-state index >= 15 is 0 Å². The van der Waals surface area contributed by atoms with Crippen molar-refractivity contribution in [1.29, 1.82) is 0 Å². The van der Waals surface area contributed by atoms with Crippen molar-refractivity contribution >= 4 is 27.0 Å². The first kappa shape index (κ1) is 20.2. The third-order valence-electron chi connectivity index (χ3n) is 4.49. The maximum atomic E-state index is 12.9. The van der Waals surface area contributed by atoms with Crippen LogP contribution in [-0.4, -0.2) is 55.1 Å². The number of hydrogen-bond acceptors (Lipinski definition) is 8. The average Bonchev–Trinajstić information content (AvgIpc) is 2.83. The first-order valence-electron chi connectivity index (χ1n) is 8.46. The number of rotatable bonds is 3. The molecule has 9 nitrogen and oxygen atoms in total. The predicted octanol–water partition coefficient (Wildman–Crippen LogP) is 2.60. The molecule has 0 aromatic heterocycles. The Morgan fingerprint density at radius 2 is 1.38 bits per heavy atom. The van der Waals surface area contributed by atoms with Gasteiger partial charge in [-0.3, -0.25) is 23.6 Å². The van der Waals surface area contributed by atoms with Crippen LogP contribution in [0.2, 0.25) is 0 Å². The van der Waals surface area contributed by atoms with Gasteiger partial charge < -0.3 is 18.1 Å². The molecule has 11 heteroatoms. The van der Waals surface area contributed by atoms with Gasteiger partial charge in [-0.2, -0.15) is 0 Å². The third kappa shape index (κ3) is 3.98. The highest BCUT2D eigenvalue weighted by molar-refractivity contribution is 7.56. The van der Waals surface area contributed by atoms with Gasteiger partial charge in [-0.25, -0.2) is 0 Å². The van der Waals surface area contributed by atoms with Gasteiger partial charge in [0.2, 0.25) is 11.8 Å². The zero-order chi connectivity index (χ0) is 19.4. The van der Waals surface area contributed by atoms with Gasteiger partial charge in [-0.1, -0.05) is 27.7 Å². The molecule has 26 heavy (non-hydrogen) atoms. The second kappa shape index (κ2) is 6.50. The maximum Gasteiger partial charge on any atom is 0.350 e. The lowest BCUT2D eigenvalue weighted by atomic mass is 9.97. The summed E-state index contributed by atoms with van der Waals surface area (Å²) < 4.78 is 47.0. The average molecular weight is 409 g/mol. The fourth-order valence-electron chi connectivity index (χ4n) is 2.73. The van der Waals surface area contributed by atoms with E-state index in [0.717, 1.165) is 4.90 Å². The van der Waals surface area contributed by atoms with Gasteiger partial charge in [0.05, 0.1) is 32.8 Å². The van der Waals surface area contributed by atoms with Crippen molar-refractivity contribution in [3.05, 3.63) is 0 Å². The Hall–Kier alpha value is -0.560. The molecule has 0 aromatic rings. The van der Waals surface area contributed by atoms with Crippen molar-refractivity contribution in [1.82, 2.24) is 4.90 Å². The molecule has 0 aliphatic carbocycles. The zero-order valence-electron chi connectivity index (χ0n) is 15.4. The molecule has 3 aliphatic rings. The molecular weight excluding hydrogens is 384 g/mol. The van der Waals surface area contributed by atoms with Crippen molar-refractivity contribution < 1.29 is 36.8 Å². The first-order chi connectivity index (χ1) is 11.9. The van der Waals surface area contributed by atoms with Gasteiger partial charge in [0.1, 0.15) is 11.9 Å². The minimum absolute atomic E-state index is 0.169. The topological polar surface area (TPSA) is 108 Å². The Kier molecular flexibility index (Phi) is 5.05. The second-order valence-corrected chi connectivity index (χ2v) is 12.8. The molecule has 1 unspecified atom stereocenters. The van der Waals surface area contributed by atoms with Gasteiger partial charge in [0, 0.05) is 10.8 Å². The SMILES string of the molecule is CC1(C)COP(=O)(CN2C(=O)CC(P3(=O)OCC(C)(C)CO3)C2=O)OC1. The number of amides is 2. The van der Waals surface area contributed by atoms with Crippen LogP contribution in [-0.2, 0) is 36.8 Å². The Morgan fingerprint density at radius 1 is 0.923 bits per heavy atom. The maximum absolute atomic E-state index is 12.9. The summed E-state index contributed by atoms with van der Waals surface area (Å²) in [7, 11) is -7.37. The van der Waals surface area contributed by atoms with E-state index in [0.29, 0.717) is 0 Å². The number of carbonyl (C=O) groups excluding carboxylic acids is 2. The molecule has 3 aliphatic heterocycles. The molecule has 0 saturated carbocycles. The van der Waals surface area contributed by atoms with Crippen LogP contribution in [0.4, 0.5) is 0 Å². The van der Waals surface area contributed by atoms with E-state index in [1.807, 2.05) is 27.7 Å². The summed E-state index contributed by atoms with van der Waals surface area (Å²) in [6.07, 6.45) is -0.787. The molecule has 0 aromatic carbocycles. The van der Waals surface area contributed by atoms with E-state index in [9.17, 15) is 18.7 Å². The molecule has 3 saturated heterocycles. The molecule has 0 bridgehead atoms. The van der Waals surface area contributed by atoms with E-state index < -0.39 is 39.0 Å². The summed E-state index contributed by atoms with van der Waals surface area (Å²) in [6.45, 7) is 8.29. The lowest BCUT2D eigenvalue weighted by molar-refractivity contribution is -0.137.